The average molecular weight is 1170 g/mol. The van der Waals surface area contributed by atoms with E-state index in [-0.39, 0.29) is 68.2 Å². The quantitative estimate of drug-likeness (QED) is 0.0424. The molecule has 2 aromatic carbocycles. The molecule has 3 rings (SSSR count). The van der Waals surface area contributed by atoms with Crippen LogP contribution in [0.5, 0.6) is 5.75 Å². The fraction of sp³-hybridized carbons (Fsp3) is 0.582. The smallest absolute Gasteiger partial charge is 0.327 e. The van der Waals surface area contributed by atoms with E-state index in [1.54, 1.807) is 44.2 Å². The first-order valence-corrected chi connectivity index (χ1v) is 28.6. The highest BCUT2D eigenvalue weighted by atomic mass is 32.1. The number of nitrogens with zero attached hydrogens (tertiary/aromatic N) is 1. The lowest BCUT2D eigenvalue weighted by Gasteiger charge is -2.31. The van der Waals surface area contributed by atoms with Gasteiger partial charge in [-0.1, -0.05) is 96.3 Å². The van der Waals surface area contributed by atoms with Gasteiger partial charge in [0.2, 0.25) is 53.2 Å². The number of likely N-dealkylation sites (tertiary alicyclic amines) is 1. The minimum atomic E-state index is -1.43. The van der Waals surface area contributed by atoms with E-state index in [1.165, 1.54) is 36.1 Å². The first-order valence-electron chi connectivity index (χ1n) is 27.3. The molecule has 448 valence electrons. The minimum absolute atomic E-state index is 0.0625. The van der Waals surface area contributed by atoms with Crippen molar-refractivity contribution >= 4 is 90.4 Å². The summed E-state index contributed by atoms with van der Waals surface area (Å²) in [7, 11) is 0. The molecule has 1 heterocycles. The molecule has 2 aromatic rings. The highest BCUT2D eigenvalue weighted by Crippen LogP contribution is 2.21. The van der Waals surface area contributed by atoms with E-state index in [9.17, 15) is 68.1 Å². The van der Waals surface area contributed by atoms with Crippen LogP contribution in [0.1, 0.15) is 110 Å². The first kappa shape index (κ1) is 68.3. The molecule has 0 saturated carbocycles. The zero-order chi connectivity index (χ0) is 60.5. The summed E-state index contributed by atoms with van der Waals surface area (Å²) in [6, 6.07) is 1.88. The van der Waals surface area contributed by atoms with Crippen molar-refractivity contribution in [1.29, 1.82) is 0 Å². The van der Waals surface area contributed by atoms with Crippen LogP contribution in [0.2, 0.25) is 0 Å². The van der Waals surface area contributed by atoms with Crippen molar-refractivity contribution < 1.29 is 68.1 Å². The highest BCUT2D eigenvalue weighted by molar-refractivity contribution is 7.80. The Labute approximate surface area is 483 Å². The molecule has 0 aromatic heterocycles. The Morgan fingerprint density at radius 1 is 0.617 bits per heavy atom. The summed E-state index contributed by atoms with van der Waals surface area (Å²) in [5.41, 5.74) is 6.91. The maximum atomic E-state index is 14.9. The number of carboxylic acids is 2. The van der Waals surface area contributed by atoms with Crippen LogP contribution in [0, 0.1) is 11.8 Å². The second kappa shape index (κ2) is 34.4. The van der Waals surface area contributed by atoms with E-state index in [4.69, 9.17) is 5.73 Å². The van der Waals surface area contributed by atoms with Gasteiger partial charge >= 0.3 is 11.9 Å². The number of hydrogen-bond acceptors (Lipinski definition) is 15. The number of amides is 9. The molecular formula is C55H82N10O14S2. The third-order valence-electron chi connectivity index (χ3n) is 13.7. The third-order valence-corrected chi connectivity index (χ3v) is 14.5. The van der Waals surface area contributed by atoms with Gasteiger partial charge in [-0.15, -0.1) is 0 Å². The lowest BCUT2D eigenvalue weighted by molar-refractivity contribution is -0.142. The molecule has 81 heavy (non-hydrogen) atoms. The van der Waals surface area contributed by atoms with Crippen molar-refractivity contribution in [3.63, 3.8) is 0 Å². The predicted octanol–water partition coefficient (Wildman–Crippen LogP) is 0.485. The van der Waals surface area contributed by atoms with Crippen molar-refractivity contribution in [2.45, 2.75) is 173 Å². The molecule has 1 fully saturated rings. The molecule has 11 atom stereocenters. The van der Waals surface area contributed by atoms with Gasteiger partial charge in [0.05, 0.1) is 6.04 Å². The van der Waals surface area contributed by atoms with Crippen LogP contribution in [0.25, 0.3) is 0 Å². The van der Waals surface area contributed by atoms with E-state index in [0.29, 0.717) is 36.8 Å². The van der Waals surface area contributed by atoms with Gasteiger partial charge in [0.15, 0.2) is 0 Å². The molecule has 26 heteroatoms. The number of benzene rings is 2. The molecule has 9 amide bonds. The number of unbranched alkanes of at least 4 members (excludes halogenated alkanes) is 1. The summed E-state index contributed by atoms with van der Waals surface area (Å²) in [6.07, 6.45) is 1.06. The fourth-order valence-corrected chi connectivity index (χ4v) is 9.21. The van der Waals surface area contributed by atoms with E-state index < -0.39 is 138 Å². The highest BCUT2D eigenvalue weighted by Gasteiger charge is 2.41. The second-order valence-corrected chi connectivity index (χ2v) is 21.5. The largest absolute Gasteiger partial charge is 0.508 e. The number of thiol groups is 2. The molecule has 1 saturated heterocycles. The van der Waals surface area contributed by atoms with Gasteiger partial charge in [0.1, 0.15) is 60.1 Å². The monoisotopic (exact) mass is 1170 g/mol. The van der Waals surface area contributed by atoms with Crippen LogP contribution >= 0.6 is 25.3 Å². The summed E-state index contributed by atoms with van der Waals surface area (Å²) >= 11 is 8.03. The van der Waals surface area contributed by atoms with E-state index in [2.05, 4.69) is 67.8 Å². The number of hydrogen-bond donors (Lipinski definition) is 14. The third kappa shape index (κ3) is 22.5. The fourth-order valence-electron chi connectivity index (χ4n) is 8.80. The number of phenolic OH excluding ortho intramolecular Hbond substituents is 1. The zero-order valence-corrected chi connectivity index (χ0v) is 48.6. The van der Waals surface area contributed by atoms with Crippen molar-refractivity contribution in [3.8, 4) is 5.75 Å². The van der Waals surface area contributed by atoms with Crippen molar-refractivity contribution in [1.82, 2.24) is 47.4 Å². The molecule has 0 spiro atoms. The van der Waals surface area contributed by atoms with Gasteiger partial charge in [-0.25, -0.2) is 4.79 Å². The van der Waals surface area contributed by atoms with Gasteiger partial charge in [-0.3, -0.25) is 47.9 Å². The van der Waals surface area contributed by atoms with Crippen LogP contribution in [-0.2, 0) is 65.6 Å². The first-order chi connectivity index (χ1) is 38.3. The lowest BCUT2D eigenvalue weighted by Crippen LogP contribution is -2.61. The minimum Gasteiger partial charge on any atom is -0.508 e. The van der Waals surface area contributed by atoms with Gasteiger partial charge < -0.3 is 68.5 Å². The van der Waals surface area contributed by atoms with Crippen LogP contribution in [0.3, 0.4) is 0 Å². The molecule has 13 N–H and O–H groups in total. The Balaban J connectivity index is 1.91. The van der Waals surface area contributed by atoms with Gasteiger partial charge in [0.25, 0.3) is 0 Å². The number of nitrogens with two attached hydrogens (primary N) is 1. The number of carbonyl (C=O) groups excluding carboxylic acids is 9. The number of carbonyl (C=O) groups is 11. The lowest BCUT2D eigenvalue weighted by atomic mass is 9.96. The predicted molar refractivity (Wildman–Crippen MR) is 306 cm³/mol. The Bertz CT molecular complexity index is 2470. The van der Waals surface area contributed by atoms with Crippen molar-refractivity contribution in [2.75, 3.05) is 18.1 Å². The Morgan fingerprint density at radius 3 is 1.72 bits per heavy atom. The van der Waals surface area contributed by atoms with Gasteiger partial charge in [0, 0.05) is 37.3 Å². The Morgan fingerprint density at radius 2 is 1.15 bits per heavy atom. The van der Waals surface area contributed by atoms with Crippen molar-refractivity contribution in [2.24, 2.45) is 17.6 Å². The molecule has 0 bridgehead atoms. The summed E-state index contributed by atoms with van der Waals surface area (Å²) in [6.45, 7) is 10.5. The second-order valence-electron chi connectivity index (χ2n) is 20.7. The maximum Gasteiger partial charge on any atom is 0.327 e. The SMILES string of the molecule is CCCC[C@H](NC(=O)[C@H](CCC(=O)O)NC(=O)[C@@H](N)CS)C(=O)N[C@@H](Cc1ccc(O)cc1)C(=O)N[C@@H](Cc1ccccc1)C(=O)N1CCC[C@H]1C(=O)N[C@@H](C)C(=O)N[C@H](C(=O)N[C@@H](CC(C)C)C(=O)N[C@@H](CS)C(=O)O)[C@@H](C)CC. The molecule has 0 aliphatic carbocycles. The maximum absolute atomic E-state index is 14.9. The number of aromatic hydroxyl groups is 1. The summed E-state index contributed by atoms with van der Waals surface area (Å²) in [5, 5.41) is 49.9. The standard InChI is InChI=1S/C55H82N10O14S2/c1-7-9-16-37(59-49(72)38(22-23-44(67)68)58-47(70)36(56)28-80)48(71)60-40(26-34-18-20-35(66)21-19-34)51(74)62-41(27-33-14-11-10-12-15-33)54(77)65-24-13-17-43(65)52(75)57-32(6)46(69)64-45(31(5)8-2)53(76)61-39(25-30(3)4)50(73)63-42(29-81)55(78)79/h10-12,14-15,18-21,30-32,36-43,45,66,80-81H,7-9,13,16-17,22-29,56H2,1-6H3,(H,57,75)(H,58,70)(H,59,72)(H,60,71)(H,61,76)(H,62,74)(H,63,73)(H,64,69)(H,67,68)(H,78,79)/t31-,32-,36-,37-,38-,39-,40-,41-,42-,43-,45-/m0/s1. The Kier molecular flexibility index (Phi) is 29.0. The average Bonchev–Trinajstić information content (AvgIpc) is 3.93. The molecular weight excluding hydrogens is 1090 g/mol. The number of aliphatic carboxylic acids is 2. The molecule has 1 aliphatic rings. The van der Waals surface area contributed by atoms with Crippen molar-refractivity contribution in [3.05, 3.63) is 65.7 Å². The molecule has 1 aliphatic heterocycles. The number of carboxylic acid groups (broad SMARTS) is 2. The normalized spacial score (nSPS) is 16.8. The summed E-state index contributed by atoms with van der Waals surface area (Å²) < 4.78 is 0. The Hall–Kier alpha value is -6.93. The van der Waals surface area contributed by atoms with Crippen LogP contribution in [0.4, 0.5) is 0 Å². The summed E-state index contributed by atoms with van der Waals surface area (Å²) in [4.78, 5) is 150. The topological polar surface area (TPSA) is 374 Å². The number of rotatable bonds is 34. The molecule has 24 nitrogen and oxygen atoms in total. The van der Waals surface area contributed by atoms with Crippen LogP contribution in [-0.4, -0.2) is 164 Å². The summed E-state index contributed by atoms with van der Waals surface area (Å²) in [5.74, 6) is -10.4. The zero-order valence-electron chi connectivity index (χ0n) is 46.8. The van der Waals surface area contributed by atoms with Gasteiger partial charge in [-0.05, 0) is 74.1 Å². The molecule has 0 radical (unpaired) electrons. The van der Waals surface area contributed by atoms with Crippen LogP contribution < -0.4 is 48.3 Å². The van der Waals surface area contributed by atoms with E-state index in [1.807, 2.05) is 20.8 Å². The van der Waals surface area contributed by atoms with E-state index >= 15 is 0 Å². The van der Waals surface area contributed by atoms with Crippen LogP contribution in [0.15, 0.2) is 54.6 Å². The molecule has 0 unspecified atom stereocenters. The van der Waals surface area contributed by atoms with E-state index in [0.717, 1.165) is 0 Å². The number of nitrogens with one attached hydrogen (secondary N) is 8. The number of phenols is 1. The van der Waals surface area contributed by atoms with Gasteiger partial charge in [-0.2, -0.15) is 25.3 Å².